The third-order valence-corrected chi connectivity index (χ3v) is 4.85. The molecule has 1 saturated carbocycles. The number of nitrogens with one attached hydrogen (secondary N) is 1. The summed E-state index contributed by atoms with van der Waals surface area (Å²) in [6.45, 7) is 0.562. The lowest BCUT2D eigenvalue weighted by Gasteiger charge is -2.41. The summed E-state index contributed by atoms with van der Waals surface area (Å²) in [5.41, 5.74) is 1.48. The molecule has 0 spiro atoms. The van der Waals surface area contributed by atoms with Crippen molar-refractivity contribution in [2.45, 2.75) is 24.7 Å². The van der Waals surface area contributed by atoms with Crippen LogP contribution >= 0.6 is 0 Å². The summed E-state index contributed by atoms with van der Waals surface area (Å²) in [5.74, 6) is 0.469. The maximum atomic E-state index is 14.2. The molecule has 3 heterocycles. The lowest BCUT2D eigenvalue weighted by Crippen LogP contribution is -2.42. The van der Waals surface area contributed by atoms with Gasteiger partial charge in [-0.2, -0.15) is 0 Å². The Bertz CT molecular complexity index is 895. The molecule has 7 heteroatoms. The van der Waals surface area contributed by atoms with E-state index in [-0.39, 0.29) is 17.0 Å². The van der Waals surface area contributed by atoms with Gasteiger partial charge < -0.3 is 10.4 Å². The number of rotatable bonds is 5. The van der Waals surface area contributed by atoms with E-state index in [9.17, 15) is 9.50 Å². The smallest absolute Gasteiger partial charge is 0.148 e. The maximum Gasteiger partial charge on any atom is 0.148 e. The second kappa shape index (κ2) is 6.67. The predicted molar refractivity (Wildman–Crippen MR) is 95.1 cm³/mol. The number of aromatic nitrogens is 4. The third kappa shape index (κ3) is 3.08. The molecular weight excluding hydrogens is 333 g/mol. The molecule has 0 unspecified atom stereocenters. The topological polar surface area (TPSA) is 83.8 Å². The molecule has 1 fully saturated rings. The van der Waals surface area contributed by atoms with Crippen LogP contribution in [0.4, 0.5) is 10.2 Å². The summed E-state index contributed by atoms with van der Waals surface area (Å²) in [6, 6.07) is 9.93. The van der Waals surface area contributed by atoms with E-state index in [1.54, 1.807) is 24.4 Å². The van der Waals surface area contributed by atoms with E-state index in [2.05, 4.69) is 25.5 Å². The number of halogens is 1. The highest BCUT2D eigenvalue weighted by Gasteiger charge is 2.41. The zero-order valence-electron chi connectivity index (χ0n) is 14.1. The molecule has 3 aromatic rings. The van der Waals surface area contributed by atoms with Crippen molar-refractivity contribution < 1.29 is 9.50 Å². The van der Waals surface area contributed by atoms with Crippen molar-refractivity contribution >= 4 is 5.82 Å². The van der Waals surface area contributed by atoms with Gasteiger partial charge in [0.05, 0.1) is 17.6 Å². The Hall–Kier alpha value is -3.09. The average molecular weight is 351 g/mol. The minimum atomic E-state index is -0.287. The molecule has 0 bridgehead atoms. The maximum absolute atomic E-state index is 14.2. The Morgan fingerprint density at radius 3 is 2.50 bits per heavy atom. The van der Waals surface area contributed by atoms with Crippen molar-refractivity contribution in [2.24, 2.45) is 0 Å². The van der Waals surface area contributed by atoms with Crippen molar-refractivity contribution in [1.29, 1.82) is 0 Å². The van der Waals surface area contributed by atoms with Crippen molar-refractivity contribution in [3.63, 3.8) is 0 Å². The number of pyridine rings is 2. The van der Waals surface area contributed by atoms with Crippen LogP contribution in [0, 0.1) is 5.82 Å². The Morgan fingerprint density at radius 2 is 1.88 bits per heavy atom. The van der Waals surface area contributed by atoms with Crippen LogP contribution in [0.1, 0.15) is 25.0 Å². The first-order valence-electron chi connectivity index (χ1n) is 8.50. The summed E-state index contributed by atoms with van der Waals surface area (Å²) in [4.78, 5) is 8.38. The molecular formula is C19H18FN5O. The fourth-order valence-electron chi connectivity index (χ4n) is 3.24. The van der Waals surface area contributed by atoms with E-state index >= 15 is 0 Å². The van der Waals surface area contributed by atoms with Gasteiger partial charge in [0.25, 0.3) is 0 Å². The van der Waals surface area contributed by atoms with Crippen molar-refractivity contribution in [3.8, 4) is 17.1 Å². The van der Waals surface area contributed by atoms with E-state index in [0.717, 1.165) is 19.3 Å². The van der Waals surface area contributed by atoms with Crippen LogP contribution in [-0.4, -0.2) is 31.8 Å². The van der Waals surface area contributed by atoms with E-state index < -0.39 is 0 Å². The van der Waals surface area contributed by atoms with Crippen LogP contribution in [0.25, 0.3) is 11.4 Å². The fraction of sp³-hybridized carbons (Fsp3) is 0.263. The Balaban J connectivity index is 1.47. The first-order chi connectivity index (χ1) is 12.7. The van der Waals surface area contributed by atoms with Crippen LogP contribution in [0.5, 0.6) is 5.75 Å². The monoisotopic (exact) mass is 351 g/mol. The van der Waals surface area contributed by atoms with Gasteiger partial charge in [-0.3, -0.25) is 9.97 Å². The Morgan fingerprint density at radius 1 is 1.04 bits per heavy atom. The first-order valence-corrected chi connectivity index (χ1v) is 8.50. The van der Waals surface area contributed by atoms with Gasteiger partial charge in [0, 0.05) is 18.2 Å². The number of hydrogen-bond acceptors (Lipinski definition) is 6. The van der Waals surface area contributed by atoms with Gasteiger partial charge in [0.2, 0.25) is 0 Å². The average Bonchev–Trinajstić information content (AvgIpc) is 2.63. The third-order valence-electron chi connectivity index (χ3n) is 4.85. The molecule has 1 aliphatic carbocycles. The number of nitrogens with zero attached hydrogens (tertiary/aromatic N) is 4. The summed E-state index contributed by atoms with van der Waals surface area (Å²) >= 11 is 0. The van der Waals surface area contributed by atoms with E-state index in [0.29, 0.717) is 29.4 Å². The first kappa shape index (κ1) is 16.4. The van der Waals surface area contributed by atoms with E-state index in [1.165, 1.54) is 12.3 Å². The lowest BCUT2D eigenvalue weighted by atomic mass is 9.66. The second-order valence-electron chi connectivity index (χ2n) is 6.53. The van der Waals surface area contributed by atoms with Crippen LogP contribution < -0.4 is 5.32 Å². The quantitative estimate of drug-likeness (QED) is 0.734. The number of anilines is 1. The van der Waals surface area contributed by atoms with Crippen LogP contribution in [0.2, 0.25) is 0 Å². The molecule has 0 saturated heterocycles. The molecule has 0 atom stereocenters. The minimum absolute atomic E-state index is 0.104. The molecule has 0 radical (unpaired) electrons. The van der Waals surface area contributed by atoms with Gasteiger partial charge in [-0.05, 0) is 49.2 Å². The van der Waals surface area contributed by atoms with Gasteiger partial charge in [0.15, 0.2) is 0 Å². The van der Waals surface area contributed by atoms with Crippen molar-refractivity contribution in [3.05, 3.63) is 60.3 Å². The lowest BCUT2D eigenvalue weighted by molar-refractivity contribution is 0.243. The number of aromatic hydroxyl groups is 1. The van der Waals surface area contributed by atoms with Gasteiger partial charge in [-0.15, -0.1) is 10.2 Å². The van der Waals surface area contributed by atoms with Crippen molar-refractivity contribution in [2.75, 3.05) is 11.9 Å². The normalized spacial score (nSPS) is 15.3. The molecule has 3 aromatic heterocycles. The SMILES string of the molecule is Oc1ccc(-c2ccc(NCC3(c4ncccc4F)CCC3)nn2)nc1. The molecule has 2 N–H and O–H groups in total. The molecule has 0 aliphatic heterocycles. The zero-order valence-corrected chi connectivity index (χ0v) is 14.1. The predicted octanol–water partition coefficient (Wildman–Crippen LogP) is 3.31. The highest BCUT2D eigenvalue weighted by molar-refractivity contribution is 5.55. The standard InChI is InChI=1S/C19H18FN5O/c20-14-3-1-10-21-18(14)19(8-2-9-19)12-23-17-7-6-16(24-25-17)15-5-4-13(26)11-22-15/h1,3-7,10-11,26H,2,8-9,12H2,(H,23,25). The van der Waals surface area contributed by atoms with Crippen LogP contribution in [0.15, 0.2) is 48.8 Å². The molecule has 0 aromatic carbocycles. The van der Waals surface area contributed by atoms with E-state index in [1.807, 2.05) is 12.1 Å². The Labute approximate surface area is 150 Å². The highest BCUT2D eigenvalue weighted by Crippen LogP contribution is 2.43. The summed E-state index contributed by atoms with van der Waals surface area (Å²) in [5, 5.41) is 20.9. The van der Waals surface area contributed by atoms with Gasteiger partial charge in [-0.25, -0.2) is 4.39 Å². The Kier molecular flexibility index (Phi) is 4.20. The number of hydrogen-bond donors (Lipinski definition) is 2. The fourth-order valence-corrected chi connectivity index (χ4v) is 3.24. The van der Waals surface area contributed by atoms with Gasteiger partial charge in [0.1, 0.15) is 23.1 Å². The second-order valence-corrected chi connectivity index (χ2v) is 6.53. The summed E-state index contributed by atoms with van der Waals surface area (Å²) in [6.07, 6.45) is 5.87. The molecule has 1 aliphatic rings. The van der Waals surface area contributed by atoms with Gasteiger partial charge in [-0.1, -0.05) is 6.42 Å². The zero-order chi connectivity index (χ0) is 18.0. The molecule has 6 nitrogen and oxygen atoms in total. The van der Waals surface area contributed by atoms with E-state index in [4.69, 9.17) is 0 Å². The largest absolute Gasteiger partial charge is 0.506 e. The van der Waals surface area contributed by atoms with Gasteiger partial charge >= 0.3 is 0 Å². The highest BCUT2D eigenvalue weighted by atomic mass is 19.1. The summed E-state index contributed by atoms with van der Waals surface area (Å²) < 4.78 is 14.2. The molecule has 132 valence electrons. The summed E-state index contributed by atoms with van der Waals surface area (Å²) in [7, 11) is 0. The van der Waals surface area contributed by atoms with Crippen molar-refractivity contribution in [1.82, 2.24) is 20.2 Å². The molecule has 0 amide bonds. The molecule has 4 rings (SSSR count). The molecule has 26 heavy (non-hydrogen) atoms. The minimum Gasteiger partial charge on any atom is -0.506 e. The van der Waals surface area contributed by atoms with Crippen LogP contribution in [0.3, 0.4) is 0 Å². The van der Waals surface area contributed by atoms with Crippen LogP contribution in [-0.2, 0) is 5.41 Å².